The second-order valence-corrected chi connectivity index (χ2v) is 4.65. The molecule has 0 bridgehead atoms. The number of benzene rings is 1. The third-order valence-electron chi connectivity index (χ3n) is 3.18. The van der Waals surface area contributed by atoms with Gasteiger partial charge >= 0.3 is 5.97 Å². The maximum atomic E-state index is 10.9. The van der Waals surface area contributed by atoms with Crippen LogP contribution in [0.15, 0.2) is 24.3 Å². The van der Waals surface area contributed by atoms with Crippen LogP contribution in [0.1, 0.15) is 10.4 Å². The first-order valence-corrected chi connectivity index (χ1v) is 6.24. The Hall–Kier alpha value is -1.71. The minimum atomic E-state index is -1.55. The number of hydrogen-bond acceptors (Lipinski definition) is 7. The molecule has 8 nitrogen and oxygen atoms in total. The highest BCUT2D eigenvalue weighted by Crippen LogP contribution is 2.24. The van der Waals surface area contributed by atoms with Gasteiger partial charge in [0, 0.05) is 0 Å². The van der Waals surface area contributed by atoms with Crippen LogP contribution in [0.4, 0.5) is 0 Å². The van der Waals surface area contributed by atoms with E-state index in [2.05, 4.69) is 0 Å². The zero-order valence-corrected chi connectivity index (χ0v) is 10.9. The van der Waals surface area contributed by atoms with Crippen LogP contribution in [0.3, 0.4) is 0 Å². The molecule has 5 atom stereocenters. The third-order valence-corrected chi connectivity index (χ3v) is 3.18. The zero-order valence-electron chi connectivity index (χ0n) is 10.9. The summed E-state index contributed by atoms with van der Waals surface area (Å²) in [5.41, 5.74) is -0.0166. The van der Waals surface area contributed by atoms with Crippen molar-refractivity contribution in [1.29, 1.82) is 0 Å². The number of carboxylic acids is 1. The van der Waals surface area contributed by atoms with E-state index in [0.717, 1.165) is 0 Å². The summed E-state index contributed by atoms with van der Waals surface area (Å²) in [6.07, 6.45) is -7.00. The molecule has 0 saturated carbocycles. The molecule has 1 aromatic carbocycles. The second kappa shape index (κ2) is 6.37. The van der Waals surface area contributed by atoms with E-state index >= 15 is 0 Å². The van der Waals surface area contributed by atoms with Gasteiger partial charge in [0.05, 0.1) is 12.2 Å². The van der Waals surface area contributed by atoms with Crippen molar-refractivity contribution < 1.29 is 39.8 Å². The Bertz CT molecular complexity index is 503. The van der Waals surface area contributed by atoms with Gasteiger partial charge in [-0.05, 0) is 18.2 Å². The van der Waals surface area contributed by atoms with Gasteiger partial charge in [-0.1, -0.05) is 6.07 Å². The second-order valence-electron chi connectivity index (χ2n) is 4.65. The van der Waals surface area contributed by atoms with Crippen molar-refractivity contribution in [2.45, 2.75) is 30.7 Å². The Morgan fingerprint density at radius 3 is 2.52 bits per heavy atom. The summed E-state index contributed by atoms with van der Waals surface area (Å²) in [6.45, 7) is -0.569. The van der Waals surface area contributed by atoms with Gasteiger partial charge in [0.1, 0.15) is 30.2 Å². The average Bonchev–Trinajstić information content (AvgIpc) is 2.48. The molecule has 1 aromatic rings. The predicted octanol–water partition coefficient (Wildman–Crippen LogP) is -1.44. The Morgan fingerprint density at radius 2 is 1.90 bits per heavy atom. The van der Waals surface area contributed by atoms with Crippen LogP contribution in [0.25, 0.3) is 0 Å². The smallest absolute Gasteiger partial charge is 0.335 e. The van der Waals surface area contributed by atoms with Crippen molar-refractivity contribution in [2.75, 3.05) is 6.61 Å². The number of aromatic carboxylic acids is 1. The molecule has 21 heavy (non-hydrogen) atoms. The lowest BCUT2D eigenvalue weighted by Crippen LogP contribution is -2.60. The molecule has 8 heteroatoms. The molecule has 1 aliphatic heterocycles. The largest absolute Gasteiger partial charge is 0.478 e. The number of rotatable bonds is 4. The van der Waals surface area contributed by atoms with E-state index in [4.69, 9.17) is 19.7 Å². The Kier molecular flexibility index (Phi) is 4.76. The van der Waals surface area contributed by atoms with Crippen LogP contribution in [-0.2, 0) is 4.74 Å². The summed E-state index contributed by atoms with van der Waals surface area (Å²) in [6, 6.07) is 5.49. The standard InChI is InChI=1S/C13H16O8/c14-5-8-9(15)10(16)11(17)13(21-8)20-7-3-1-2-6(4-7)12(18)19/h1-4,8-11,13-17H,5H2,(H,18,19). The van der Waals surface area contributed by atoms with E-state index in [1.54, 1.807) is 0 Å². The molecule has 0 radical (unpaired) electrons. The molecule has 1 fully saturated rings. The highest BCUT2D eigenvalue weighted by molar-refractivity contribution is 5.87. The first kappa shape index (κ1) is 15.7. The molecule has 2 rings (SSSR count). The zero-order chi connectivity index (χ0) is 15.6. The molecular weight excluding hydrogens is 284 g/mol. The van der Waals surface area contributed by atoms with Crippen LogP contribution in [0, 0.1) is 0 Å². The number of carbonyl (C=O) groups is 1. The summed E-state index contributed by atoms with van der Waals surface area (Å²) < 4.78 is 10.4. The maximum Gasteiger partial charge on any atom is 0.335 e. The lowest BCUT2D eigenvalue weighted by atomic mass is 9.99. The average molecular weight is 300 g/mol. The van der Waals surface area contributed by atoms with Crippen LogP contribution in [0.5, 0.6) is 5.75 Å². The van der Waals surface area contributed by atoms with Crippen molar-refractivity contribution in [3.63, 3.8) is 0 Å². The number of ether oxygens (including phenoxy) is 2. The summed E-state index contributed by atoms with van der Waals surface area (Å²) in [7, 11) is 0. The van der Waals surface area contributed by atoms with Gasteiger partial charge in [-0.2, -0.15) is 0 Å². The molecule has 1 aliphatic rings. The Labute approximate surface area is 119 Å². The molecule has 1 saturated heterocycles. The van der Waals surface area contributed by atoms with Crippen LogP contribution < -0.4 is 4.74 Å². The third kappa shape index (κ3) is 3.31. The Morgan fingerprint density at radius 1 is 1.19 bits per heavy atom. The fraction of sp³-hybridized carbons (Fsp3) is 0.462. The maximum absolute atomic E-state index is 10.9. The summed E-state index contributed by atoms with van der Waals surface area (Å²) in [5, 5.41) is 47.0. The van der Waals surface area contributed by atoms with Gasteiger partial charge in [0.2, 0.25) is 6.29 Å². The van der Waals surface area contributed by atoms with Crippen molar-refractivity contribution >= 4 is 5.97 Å². The molecule has 0 aliphatic carbocycles. The van der Waals surface area contributed by atoms with Crippen molar-refractivity contribution in [2.24, 2.45) is 0 Å². The number of aliphatic hydroxyl groups is 4. The van der Waals surface area contributed by atoms with Gasteiger partial charge in [-0.15, -0.1) is 0 Å². The van der Waals surface area contributed by atoms with Crippen molar-refractivity contribution in [1.82, 2.24) is 0 Å². The van der Waals surface area contributed by atoms with E-state index < -0.39 is 43.3 Å². The number of aliphatic hydroxyl groups excluding tert-OH is 4. The van der Waals surface area contributed by atoms with Crippen LogP contribution >= 0.6 is 0 Å². The highest BCUT2D eigenvalue weighted by Gasteiger charge is 2.44. The minimum absolute atomic E-state index is 0.0166. The minimum Gasteiger partial charge on any atom is -0.478 e. The van der Waals surface area contributed by atoms with Gasteiger partial charge in [-0.3, -0.25) is 0 Å². The van der Waals surface area contributed by atoms with Crippen LogP contribution in [-0.4, -0.2) is 68.8 Å². The number of hydrogen-bond donors (Lipinski definition) is 5. The molecule has 5 unspecified atom stereocenters. The molecule has 116 valence electrons. The molecule has 0 amide bonds. The van der Waals surface area contributed by atoms with E-state index in [1.165, 1.54) is 24.3 Å². The SMILES string of the molecule is O=C(O)c1cccc(OC2OC(CO)C(O)C(O)C2O)c1. The highest BCUT2D eigenvalue weighted by atomic mass is 16.7. The predicted molar refractivity (Wildman–Crippen MR) is 67.8 cm³/mol. The fourth-order valence-corrected chi connectivity index (χ4v) is 2.00. The van der Waals surface area contributed by atoms with Crippen molar-refractivity contribution in [3.8, 4) is 5.75 Å². The quantitative estimate of drug-likeness (QED) is 0.456. The number of carboxylic acid groups (broad SMARTS) is 1. The molecular formula is C13H16O8. The summed E-state index contributed by atoms with van der Waals surface area (Å²) >= 11 is 0. The van der Waals surface area contributed by atoms with Gasteiger partial charge in [-0.25, -0.2) is 4.79 Å². The van der Waals surface area contributed by atoms with E-state index in [-0.39, 0.29) is 11.3 Å². The van der Waals surface area contributed by atoms with Gasteiger partial charge in [0.25, 0.3) is 0 Å². The summed E-state index contributed by atoms with van der Waals surface area (Å²) in [5.74, 6) is -1.03. The van der Waals surface area contributed by atoms with Gasteiger partial charge in [0.15, 0.2) is 0 Å². The molecule has 5 N–H and O–H groups in total. The van der Waals surface area contributed by atoms with Crippen LogP contribution in [0.2, 0.25) is 0 Å². The molecule has 0 spiro atoms. The first-order chi connectivity index (χ1) is 9.93. The normalized spacial score (nSPS) is 32.7. The molecule has 0 aromatic heterocycles. The van der Waals surface area contributed by atoms with E-state index in [9.17, 15) is 20.1 Å². The van der Waals surface area contributed by atoms with E-state index in [1.807, 2.05) is 0 Å². The van der Waals surface area contributed by atoms with Gasteiger partial charge < -0.3 is 35.0 Å². The monoisotopic (exact) mass is 300 g/mol. The van der Waals surface area contributed by atoms with E-state index in [0.29, 0.717) is 0 Å². The molecule has 1 heterocycles. The Balaban J connectivity index is 2.14. The summed E-state index contributed by atoms with van der Waals surface area (Å²) in [4.78, 5) is 10.9. The fourth-order valence-electron chi connectivity index (χ4n) is 2.00. The van der Waals surface area contributed by atoms with Crippen molar-refractivity contribution in [3.05, 3.63) is 29.8 Å². The first-order valence-electron chi connectivity index (χ1n) is 6.24. The lowest BCUT2D eigenvalue weighted by molar-refractivity contribution is -0.277. The lowest BCUT2D eigenvalue weighted by Gasteiger charge is -2.39. The topological polar surface area (TPSA) is 137 Å².